The molecule has 0 radical (unpaired) electrons. The molecule has 0 unspecified atom stereocenters. The van der Waals surface area contributed by atoms with E-state index in [0.29, 0.717) is 0 Å². The maximum Gasteiger partial charge on any atom is 0.129 e. The van der Waals surface area contributed by atoms with Crippen molar-refractivity contribution in [1.82, 2.24) is 14.7 Å². The zero-order chi connectivity index (χ0) is 14.4. The fourth-order valence-electron chi connectivity index (χ4n) is 2.14. The van der Waals surface area contributed by atoms with Gasteiger partial charge in [0, 0.05) is 19.2 Å². The molecule has 0 amide bonds. The van der Waals surface area contributed by atoms with Crippen molar-refractivity contribution in [2.24, 2.45) is 0 Å². The molecule has 2 aromatic rings. The van der Waals surface area contributed by atoms with Gasteiger partial charge in [0.15, 0.2) is 0 Å². The van der Waals surface area contributed by atoms with Crippen molar-refractivity contribution in [1.29, 1.82) is 0 Å². The van der Waals surface area contributed by atoms with Crippen LogP contribution in [0.2, 0.25) is 0 Å². The molecule has 1 N–H and O–H groups in total. The lowest BCUT2D eigenvalue weighted by atomic mass is 10.2. The van der Waals surface area contributed by atoms with E-state index in [2.05, 4.69) is 60.6 Å². The molecule has 4 heteroatoms. The predicted octanol–water partition coefficient (Wildman–Crippen LogP) is 3.15. The molecule has 0 saturated heterocycles. The summed E-state index contributed by atoms with van der Waals surface area (Å²) in [5.74, 6) is 1.05. The number of unbranched alkanes of at least 4 members (excludes halogenated alkanes) is 1. The molecule has 0 aliphatic heterocycles. The predicted molar refractivity (Wildman–Crippen MR) is 84.4 cm³/mol. The Morgan fingerprint density at radius 2 is 1.90 bits per heavy atom. The van der Waals surface area contributed by atoms with Gasteiger partial charge >= 0.3 is 0 Å². The van der Waals surface area contributed by atoms with Crippen LogP contribution in [0.4, 0.5) is 5.82 Å². The molecule has 0 bridgehead atoms. The van der Waals surface area contributed by atoms with Crippen molar-refractivity contribution in [2.45, 2.75) is 26.3 Å². The van der Waals surface area contributed by atoms with Crippen LogP contribution in [0, 0.1) is 0 Å². The summed E-state index contributed by atoms with van der Waals surface area (Å²) < 4.78 is 1.95. The van der Waals surface area contributed by atoms with Crippen LogP contribution in [-0.2, 0) is 6.54 Å². The molecule has 0 fully saturated rings. The van der Waals surface area contributed by atoms with Crippen LogP contribution in [0.3, 0.4) is 0 Å². The zero-order valence-electron chi connectivity index (χ0n) is 12.6. The zero-order valence-corrected chi connectivity index (χ0v) is 12.6. The topological polar surface area (TPSA) is 33.1 Å². The van der Waals surface area contributed by atoms with Gasteiger partial charge in [-0.25, -0.2) is 4.68 Å². The first-order chi connectivity index (χ1) is 9.70. The van der Waals surface area contributed by atoms with Crippen LogP contribution in [0.25, 0.3) is 5.69 Å². The van der Waals surface area contributed by atoms with E-state index >= 15 is 0 Å². The Morgan fingerprint density at radius 1 is 1.15 bits per heavy atom. The van der Waals surface area contributed by atoms with Gasteiger partial charge in [-0.05, 0) is 38.2 Å². The molecule has 0 aliphatic carbocycles. The standard InChI is InChI=1S/C16H24N4/c1-4-5-11-17-16-10-12-18-20(16)15-8-6-14(7-9-15)13-19(2)3/h6-10,12,17H,4-5,11,13H2,1-3H3. The minimum atomic E-state index is 0.959. The molecule has 20 heavy (non-hydrogen) atoms. The van der Waals surface area contributed by atoms with Crippen molar-refractivity contribution in [3.63, 3.8) is 0 Å². The highest BCUT2D eigenvalue weighted by Gasteiger charge is 2.04. The van der Waals surface area contributed by atoms with Gasteiger partial charge < -0.3 is 10.2 Å². The van der Waals surface area contributed by atoms with Crippen LogP contribution in [0.1, 0.15) is 25.3 Å². The Kier molecular flexibility index (Phi) is 5.18. The van der Waals surface area contributed by atoms with E-state index < -0.39 is 0 Å². The molecule has 0 saturated carbocycles. The van der Waals surface area contributed by atoms with Gasteiger partial charge in [0.2, 0.25) is 0 Å². The largest absolute Gasteiger partial charge is 0.370 e. The van der Waals surface area contributed by atoms with E-state index in [9.17, 15) is 0 Å². The van der Waals surface area contributed by atoms with Crippen molar-refractivity contribution in [3.8, 4) is 5.69 Å². The lowest BCUT2D eigenvalue weighted by molar-refractivity contribution is 0.402. The molecule has 1 aromatic heterocycles. The summed E-state index contributed by atoms with van der Waals surface area (Å²) in [4.78, 5) is 2.17. The van der Waals surface area contributed by atoms with Crippen LogP contribution >= 0.6 is 0 Å². The Labute approximate surface area is 121 Å². The van der Waals surface area contributed by atoms with Crippen LogP contribution in [0.5, 0.6) is 0 Å². The maximum absolute atomic E-state index is 4.40. The molecule has 1 heterocycles. The smallest absolute Gasteiger partial charge is 0.129 e. The highest BCUT2D eigenvalue weighted by molar-refractivity contribution is 5.45. The lowest BCUT2D eigenvalue weighted by Gasteiger charge is -2.12. The van der Waals surface area contributed by atoms with Gasteiger partial charge in [-0.1, -0.05) is 25.5 Å². The second-order valence-corrected chi connectivity index (χ2v) is 5.31. The number of anilines is 1. The lowest BCUT2D eigenvalue weighted by Crippen LogP contribution is -2.11. The summed E-state index contributed by atoms with van der Waals surface area (Å²) in [5.41, 5.74) is 2.41. The quantitative estimate of drug-likeness (QED) is 0.786. The number of hydrogen-bond donors (Lipinski definition) is 1. The average Bonchev–Trinajstić information content (AvgIpc) is 2.88. The Bertz CT molecular complexity index is 514. The van der Waals surface area contributed by atoms with Crippen LogP contribution in [0.15, 0.2) is 36.5 Å². The first-order valence-electron chi connectivity index (χ1n) is 7.22. The van der Waals surface area contributed by atoms with Gasteiger partial charge in [-0.2, -0.15) is 5.10 Å². The third-order valence-electron chi connectivity index (χ3n) is 3.16. The summed E-state index contributed by atoms with van der Waals surface area (Å²) >= 11 is 0. The van der Waals surface area contributed by atoms with Crippen molar-refractivity contribution in [2.75, 3.05) is 26.0 Å². The normalized spacial score (nSPS) is 11.0. The van der Waals surface area contributed by atoms with Crippen LogP contribution in [-0.4, -0.2) is 35.3 Å². The molecule has 0 spiro atoms. The van der Waals surface area contributed by atoms with Crippen molar-refractivity contribution in [3.05, 3.63) is 42.1 Å². The van der Waals surface area contributed by atoms with Gasteiger partial charge in [0.1, 0.15) is 5.82 Å². The molecule has 4 nitrogen and oxygen atoms in total. The summed E-state index contributed by atoms with van der Waals surface area (Å²) in [6, 6.07) is 10.6. The molecule has 0 aliphatic rings. The summed E-state index contributed by atoms with van der Waals surface area (Å²) in [5, 5.41) is 7.83. The summed E-state index contributed by atoms with van der Waals surface area (Å²) in [6.07, 6.45) is 4.20. The van der Waals surface area contributed by atoms with Gasteiger partial charge in [-0.15, -0.1) is 0 Å². The van der Waals surface area contributed by atoms with Gasteiger partial charge in [-0.3, -0.25) is 0 Å². The molecular weight excluding hydrogens is 248 g/mol. The maximum atomic E-state index is 4.40. The monoisotopic (exact) mass is 272 g/mol. The molecular formula is C16H24N4. The van der Waals surface area contributed by atoms with Crippen molar-refractivity contribution >= 4 is 5.82 Å². The highest BCUT2D eigenvalue weighted by atomic mass is 15.3. The van der Waals surface area contributed by atoms with Gasteiger partial charge in [0.25, 0.3) is 0 Å². The Balaban J connectivity index is 2.09. The fourth-order valence-corrected chi connectivity index (χ4v) is 2.14. The number of benzene rings is 1. The number of nitrogens with one attached hydrogen (secondary N) is 1. The minimum absolute atomic E-state index is 0.959. The van der Waals surface area contributed by atoms with E-state index in [1.165, 1.54) is 18.4 Å². The first kappa shape index (κ1) is 14.6. The minimum Gasteiger partial charge on any atom is -0.370 e. The molecule has 1 aromatic carbocycles. The second kappa shape index (κ2) is 7.10. The second-order valence-electron chi connectivity index (χ2n) is 5.31. The van der Waals surface area contributed by atoms with Crippen LogP contribution < -0.4 is 5.32 Å². The Hall–Kier alpha value is -1.81. The first-order valence-corrected chi connectivity index (χ1v) is 7.22. The molecule has 0 atom stereocenters. The number of rotatable bonds is 7. The van der Waals surface area contributed by atoms with E-state index in [4.69, 9.17) is 0 Å². The fraction of sp³-hybridized carbons (Fsp3) is 0.438. The third-order valence-corrected chi connectivity index (χ3v) is 3.16. The van der Waals surface area contributed by atoms with E-state index in [0.717, 1.165) is 24.6 Å². The number of nitrogens with zero attached hydrogens (tertiary/aromatic N) is 3. The number of aromatic nitrogens is 2. The Morgan fingerprint density at radius 3 is 2.55 bits per heavy atom. The van der Waals surface area contributed by atoms with E-state index in [1.54, 1.807) is 0 Å². The molecule has 108 valence electrons. The number of hydrogen-bond acceptors (Lipinski definition) is 3. The van der Waals surface area contributed by atoms with Gasteiger partial charge in [0.05, 0.1) is 11.9 Å². The van der Waals surface area contributed by atoms with E-state index in [-0.39, 0.29) is 0 Å². The SMILES string of the molecule is CCCCNc1ccnn1-c1ccc(CN(C)C)cc1. The summed E-state index contributed by atoms with van der Waals surface area (Å²) in [6.45, 7) is 4.14. The van der Waals surface area contributed by atoms with E-state index in [1.807, 2.05) is 16.9 Å². The average molecular weight is 272 g/mol. The molecule has 2 rings (SSSR count). The highest BCUT2D eigenvalue weighted by Crippen LogP contribution is 2.16. The summed E-state index contributed by atoms with van der Waals surface area (Å²) in [7, 11) is 4.16. The van der Waals surface area contributed by atoms with Crippen molar-refractivity contribution < 1.29 is 0 Å². The third kappa shape index (κ3) is 3.84.